The molecule has 0 spiro atoms. The van der Waals surface area contributed by atoms with Gasteiger partial charge < -0.3 is 15.5 Å². The van der Waals surface area contributed by atoms with Crippen LogP contribution in [0.5, 0.6) is 0 Å². The molecule has 1 unspecified atom stereocenters. The van der Waals surface area contributed by atoms with Crippen LogP contribution in [0.1, 0.15) is 39.5 Å². The van der Waals surface area contributed by atoms with E-state index in [0.29, 0.717) is 12.5 Å². The van der Waals surface area contributed by atoms with Crippen LogP contribution in [0.15, 0.2) is 30.3 Å². The number of hydrogen-bond donors (Lipinski definition) is 2. The number of anilines is 1. The molecule has 5 nitrogen and oxygen atoms in total. The Balaban J connectivity index is 1.36. The second-order valence-electron chi connectivity index (χ2n) is 8.36. The number of urea groups is 1. The molecular weight excluding hydrogens is 324 g/mol. The maximum atomic E-state index is 12.2. The van der Waals surface area contributed by atoms with Crippen molar-refractivity contribution in [2.45, 2.75) is 45.1 Å². The van der Waals surface area contributed by atoms with Gasteiger partial charge in [0.15, 0.2) is 0 Å². The van der Waals surface area contributed by atoms with Gasteiger partial charge in [0.1, 0.15) is 0 Å². The first-order chi connectivity index (χ1) is 12.5. The molecule has 2 amide bonds. The summed E-state index contributed by atoms with van der Waals surface area (Å²) in [5.74, 6) is 0.524. The van der Waals surface area contributed by atoms with Crippen molar-refractivity contribution in [3.8, 4) is 0 Å². The minimum atomic E-state index is -0.0340. The molecule has 144 valence electrons. The zero-order valence-electron chi connectivity index (χ0n) is 16.3. The minimum absolute atomic E-state index is 0.0230. The molecule has 0 aliphatic carbocycles. The molecule has 2 aliphatic rings. The lowest BCUT2D eigenvalue weighted by Gasteiger charge is -2.41. The molecule has 2 fully saturated rings. The predicted octanol–water partition coefficient (Wildman–Crippen LogP) is 3.08. The highest BCUT2D eigenvalue weighted by molar-refractivity contribution is 5.73. The van der Waals surface area contributed by atoms with E-state index in [1.165, 1.54) is 24.9 Å². The molecule has 2 heterocycles. The summed E-state index contributed by atoms with van der Waals surface area (Å²) in [6, 6.07) is 10.5. The van der Waals surface area contributed by atoms with Gasteiger partial charge in [0, 0.05) is 37.4 Å². The summed E-state index contributed by atoms with van der Waals surface area (Å²) < 4.78 is 0. The molecule has 0 radical (unpaired) electrons. The molecule has 1 aromatic rings. The number of hydrogen-bond acceptors (Lipinski definition) is 3. The Kier molecular flexibility index (Phi) is 6.41. The highest BCUT2D eigenvalue weighted by Gasteiger charge is 2.28. The average molecular weight is 359 g/mol. The van der Waals surface area contributed by atoms with E-state index in [4.69, 9.17) is 0 Å². The molecule has 1 aromatic carbocycles. The average Bonchev–Trinajstić information content (AvgIpc) is 3.15. The number of carbonyl (C=O) groups is 1. The van der Waals surface area contributed by atoms with Crippen molar-refractivity contribution in [3.05, 3.63) is 30.3 Å². The van der Waals surface area contributed by atoms with E-state index in [1.807, 2.05) is 6.07 Å². The number of para-hydroxylation sites is 1. The lowest BCUT2D eigenvalue weighted by atomic mass is 9.98. The predicted molar refractivity (Wildman–Crippen MR) is 108 cm³/mol. The number of rotatable bonds is 6. The lowest BCUT2D eigenvalue weighted by Crippen LogP contribution is -2.54. The number of amides is 2. The monoisotopic (exact) mass is 358 g/mol. The standard InChI is InChI=1S/C21H34N4O/c1-21(2,25-12-7-4-8-13-25)17-23-20(26)22-15-18-11-14-24(16-18)19-9-5-3-6-10-19/h3,5-6,9-10,18H,4,7-8,11-17H2,1-2H3,(H2,22,23,26). The number of benzene rings is 1. The zero-order valence-corrected chi connectivity index (χ0v) is 16.3. The minimum Gasteiger partial charge on any atom is -0.371 e. The van der Waals surface area contributed by atoms with Crippen LogP contribution in [0.25, 0.3) is 0 Å². The number of nitrogens with one attached hydrogen (secondary N) is 2. The van der Waals surface area contributed by atoms with Crippen molar-refractivity contribution in [1.82, 2.24) is 15.5 Å². The maximum absolute atomic E-state index is 12.2. The Morgan fingerprint density at radius 2 is 1.81 bits per heavy atom. The van der Waals surface area contributed by atoms with Crippen molar-refractivity contribution in [2.24, 2.45) is 5.92 Å². The van der Waals surface area contributed by atoms with Crippen LogP contribution >= 0.6 is 0 Å². The van der Waals surface area contributed by atoms with E-state index in [1.54, 1.807) is 0 Å². The Bertz CT molecular complexity index is 569. The number of piperidine rings is 1. The summed E-state index contributed by atoms with van der Waals surface area (Å²) in [6.07, 6.45) is 5.01. The Morgan fingerprint density at radius 3 is 2.54 bits per heavy atom. The van der Waals surface area contributed by atoms with Crippen LogP contribution in [-0.2, 0) is 0 Å². The normalized spacial score (nSPS) is 21.6. The van der Waals surface area contributed by atoms with Gasteiger partial charge in [-0.3, -0.25) is 4.90 Å². The van der Waals surface area contributed by atoms with Gasteiger partial charge in [-0.15, -0.1) is 0 Å². The molecule has 0 bridgehead atoms. The van der Waals surface area contributed by atoms with Crippen LogP contribution in [0, 0.1) is 5.92 Å². The van der Waals surface area contributed by atoms with Gasteiger partial charge in [0.25, 0.3) is 0 Å². The van der Waals surface area contributed by atoms with Gasteiger partial charge in [-0.25, -0.2) is 4.79 Å². The smallest absolute Gasteiger partial charge is 0.314 e. The molecule has 0 saturated carbocycles. The third kappa shape index (κ3) is 5.13. The zero-order chi connectivity index (χ0) is 18.4. The molecule has 0 aromatic heterocycles. The first-order valence-corrected chi connectivity index (χ1v) is 10.1. The molecule has 2 N–H and O–H groups in total. The van der Waals surface area contributed by atoms with E-state index >= 15 is 0 Å². The largest absolute Gasteiger partial charge is 0.371 e. The van der Waals surface area contributed by atoms with Gasteiger partial charge in [-0.2, -0.15) is 0 Å². The van der Waals surface area contributed by atoms with Crippen LogP contribution in [0.3, 0.4) is 0 Å². The summed E-state index contributed by atoms with van der Waals surface area (Å²) in [6.45, 7) is 10.3. The summed E-state index contributed by atoms with van der Waals surface area (Å²) in [4.78, 5) is 17.1. The van der Waals surface area contributed by atoms with Gasteiger partial charge in [0.2, 0.25) is 0 Å². The van der Waals surface area contributed by atoms with Gasteiger partial charge in [-0.1, -0.05) is 24.6 Å². The molecular formula is C21H34N4O. The van der Waals surface area contributed by atoms with Crippen molar-refractivity contribution in [2.75, 3.05) is 44.2 Å². The summed E-state index contributed by atoms with van der Waals surface area (Å²) in [5.41, 5.74) is 1.30. The Morgan fingerprint density at radius 1 is 1.08 bits per heavy atom. The van der Waals surface area contributed by atoms with E-state index in [0.717, 1.165) is 39.1 Å². The van der Waals surface area contributed by atoms with E-state index in [-0.39, 0.29) is 11.6 Å². The SMILES string of the molecule is CC(C)(CNC(=O)NCC1CCN(c2ccccc2)C1)N1CCCCC1. The molecule has 2 saturated heterocycles. The fourth-order valence-electron chi connectivity index (χ4n) is 4.08. The maximum Gasteiger partial charge on any atom is 0.314 e. The van der Waals surface area contributed by atoms with Crippen molar-refractivity contribution >= 4 is 11.7 Å². The molecule has 1 atom stereocenters. The van der Waals surface area contributed by atoms with Crippen LogP contribution < -0.4 is 15.5 Å². The first kappa shape index (κ1) is 19.0. The first-order valence-electron chi connectivity index (χ1n) is 10.1. The number of likely N-dealkylation sites (tertiary alicyclic amines) is 1. The Hall–Kier alpha value is -1.75. The van der Waals surface area contributed by atoms with Crippen LogP contribution in [0.4, 0.5) is 10.5 Å². The summed E-state index contributed by atoms with van der Waals surface area (Å²) >= 11 is 0. The summed E-state index contributed by atoms with van der Waals surface area (Å²) in [5, 5.41) is 6.16. The third-order valence-electron chi connectivity index (χ3n) is 5.85. The second-order valence-corrected chi connectivity index (χ2v) is 8.36. The lowest BCUT2D eigenvalue weighted by molar-refractivity contribution is 0.0960. The van der Waals surface area contributed by atoms with Crippen molar-refractivity contribution < 1.29 is 4.79 Å². The topological polar surface area (TPSA) is 47.6 Å². The van der Waals surface area contributed by atoms with Crippen LogP contribution in [0.2, 0.25) is 0 Å². The van der Waals surface area contributed by atoms with Gasteiger partial charge in [-0.05, 0) is 64.3 Å². The fraction of sp³-hybridized carbons (Fsp3) is 0.667. The number of nitrogens with zero attached hydrogens (tertiary/aromatic N) is 2. The highest BCUT2D eigenvalue weighted by atomic mass is 16.2. The molecule has 26 heavy (non-hydrogen) atoms. The van der Waals surface area contributed by atoms with Gasteiger partial charge >= 0.3 is 6.03 Å². The van der Waals surface area contributed by atoms with Crippen molar-refractivity contribution in [1.29, 1.82) is 0 Å². The van der Waals surface area contributed by atoms with E-state index in [9.17, 15) is 4.79 Å². The van der Waals surface area contributed by atoms with Gasteiger partial charge in [0.05, 0.1) is 0 Å². The third-order valence-corrected chi connectivity index (χ3v) is 5.85. The van der Waals surface area contributed by atoms with E-state index < -0.39 is 0 Å². The fourth-order valence-corrected chi connectivity index (χ4v) is 4.08. The number of carbonyl (C=O) groups excluding carboxylic acids is 1. The molecule has 2 aliphatic heterocycles. The highest BCUT2D eigenvalue weighted by Crippen LogP contribution is 2.23. The second kappa shape index (κ2) is 8.76. The van der Waals surface area contributed by atoms with Crippen molar-refractivity contribution in [3.63, 3.8) is 0 Å². The Labute approximate surface area is 158 Å². The summed E-state index contributed by atoms with van der Waals surface area (Å²) in [7, 11) is 0. The quantitative estimate of drug-likeness (QED) is 0.822. The molecule has 5 heteroatoms. The molecule has 3 rings (SSSR count). The van der Waals surface area contributed by atoms with Crippen LogP contribution in [-0.4, -0.2) is 55.7 Å². The van der Waals surface area contributed by atoms with E-state index in [2.05, 4.69) is 58.5 Å².